The van der Waals surface area contributed by atoms with Crippen molar-refractivity contribution in [1.29, 1.82) is 0 Å². The number of methoxy groups -OCH3 is 1. The van der Waals surface area contributed by atoms with Crippen molar-refractivity contribution in [2.75, 3.05) is 25.5 Å². The Morgan fingerprint density at radius 3 is 2.52 bits per heavy atom. The normalized spacial score (nSPS) is 16.4. The van der Waals surface area contributed by atoms with Gasteiger partial charge in [-0.05, 0) is 50.1 Å². The molecule has 1 fully saturated rings. The van der Waals surface area contributed by atoms with E-state index >= 15 is 0 Å². The van der Waals surface area contributed by atoms with Crippen molar-refractivity contribution in [3.05, 3.63) is 41.6 Å². The topological polar surface area (TPSA) is 88.6 Å². The van der Waals surface area contributed by atoms with Gasteiger partial charge in [0.1, 0.15) is 10.6 Å². The molecule has 168 valence electrons. The number of rotatable bonds is 7. The van der Waals surface area contributed by atoms with Gasteiger partial charge in [-0.1, -0.05) is 36.2 Å². The van der Waals surface area contributed by atoms with Gasteiger partial charge >= 0.3 is 0 Å². The second-order valence-electron chi connectivity index (χ2n) is 7.24. The van der Waals surface area contributed by atoms with Crippen molar-refractivity contribution in [3.8, 4) is 5.75 Å². The maximum absolute atomic E-state index is 12.9. The first-order chi connectivity index (χ1) is 14.8. The molecule has 0 radical (unpaired) electrons. The lowest BCUT2D eigenvalue weighted by Gasteiger charge is -2.19. The van der Waals surface area contributed by atoms with E-state index in [4.69, 9.17) is 16.3 Å². The van der Waals surface area contributed by atoms with Crippen LogP contribution in [0.3, 0.4) is 0 Å². The predicted octanol–water partition coefficient (Wildman–Crippen LogP) is 4.43. The van der Waals surface area contributed by atoms with Crippen LogP contribution in [0.4, 0.5) is 5.69 Å². The van der Waals surface area contributed by atoms with Gasteiger partial charge in [0.15, 0.2) is 0 Å². The summed E-state index contributed by atoms with van der Waals surface area (Å²) < 4.78 is 32.5. The second-order valence-corrected chi connectivity index (χ2v) is 11.0. The molecule has 1 aliphatic rings. The van der Waals surface area contributed by atoms with Crippen molar-refractivity contribution in [2.45, 2.75) is 47.8 Å². The highest BCUT2D eigenvalue weighted by Crippen LogP contribution is 2.30. The molecule has 1 aliphatic heterocycles. The van der Waals surface area contributed by atoms with Gasteiger partial charge in [-0.2, -0.15) is 4.31 Å². The molecule has 1 N–H and O–H groups in total. The average Bonchev–Trinajstić information content (AvgIpc) is 3.04. The number of amides is 1. The molecular weight excluding hydrogens is 458 g/mol. The highest BCUT2D eigenvalue weighted by Gasteiger charge is 2.25. The smallest absolute Gasteiger partial charge is 0.244 e. The van der Waals surface area contributed by atoms with Crippen LogP contribution in [0.2, 0.25) is 5.02 Å². The monoisotopic (exact) mass is 483 g/mol. The van der Waals surface area contributed by atoms with Gasteiger partial charge in [-0.15, -0.1) is 0 Å². The average molecular weight is 484 g/mol. The maximum atomic E-state index is 12.9. The minimum atomic E-state index is -3.54. The first-order valence-corrected chi connectivity index (χ1v) is 12.8. The SMILES string of the molecule is COc1ccc(Cl)cc1NC(=O)C(C)Sc1ccc(S(=O)(=O)N2CCCCCC2)cn1. The van der Waals surface area contributed by atoms with Crippen LogP contribution in [0, 0.1) is 0 Å². The molecule has 1 atom stereocenters. The van der Waals surface area contributed by atoms with Crippen LogP contribution in [-0.2, 0) is 14.8 Å². The zero-order valence-electron chi connectivity index (χ0n) is 17.5. The molecule has 3 rings (SSSR count). The summed E-state index contributed by atoms with van der Waals surface area (Å²) >= 11 is 7.25. The lowest BCUT2D eigenvalue weighted by molar-refractivity contribution is -0.115. The Hall–Kier alpha value is -1.81. The maximum Gasteiger partial charge on any atom is 0.244 e. The number of carbonyl (C=O) groups is 1. The number of ether oxygens (including phenoxy) is 1. The number of halogens is 1. The number of pyridine rings is 1. The zero-order valence-corrected chi connectivity index (χ0v) is 19.9. The van der Waals surface area contributed by atoms with Crippen LogP contribution in [0.15, 0.2) is 46.5 Å². The number of benzene rings is 1. The number of aromatic nitrogens is 1. The van der Waals surface area contributed by atoms with Crippen molar-refractivity contribution >= 4 is 45.0 Å². The fourth-order valence-electron chi connectivity index (χ4n) is 3.27. The molecule has 1 aromatic carbocycles. The predicted molar refractivity (Wildman–Crippen MR) is 123 cm³/mol. The Morgan fingerprint density at radius 1 is 1.19 bits per heavy atom. The van der Waals surface area contributed by atoms with E-state index in [0.717, 1.165) is 25.7 Å². The lowest BCUT2D eigenvalue weighted by Crippen LogP contribution is -2.32. The summed E-state index contributed by atoms with van der Waals surface area (Å²) in [6.07, 6.45) is 5.24. The molecule has 0 spiro atoms. The minimum absolute atomic E-state index is 0.180. The third kappa shape index (κ3) is 6.12. The first-order valence-electron chi connectivity index (χ1n) is 10.1. The van der Waals surface area contributed by atoms with Gasteiger partial charge in [0.25, 0.3) is 0 Å². The Bertz CT molecular complexity index is 1010. The quantitative estimate of drug-likeness (QED) is 0.586. The van der Waals surface area contributed by atoms with E-state index in [1.54, 1.807) is 37.3 Å². The molecule has 7 nitrogen and oxygen atoms in total. The Balaban J connectivity index is 1.65. The van der Waals surface area contributed by atoms with Crippen molar-refractivity contribution < 1.29 is 17.9 Å². The van der Waals surface area contributed by atoms with Gasteiger partial charge in [-0.3, -0.25) is 4.79 Å². The van der Waals surface area contributed by atoms with Crippen LogP contribution in [0.1, 0.15) is 32.6 Å². The summed E-state index contributed by atoms with van der Waals surface area (Å²) in [6, 6.07) is 8.18. The number of nitrogens with zero attached hydrogens (tertiary/aromatic N) is 2. The van der Waals surface area contributed by atoms with E-state index in [1.165, 1.54) is 29.4 Å². The van der Waals surface area contributed by atoms with E-state index in [-0.39, 0.29) is 10.8 Å². The van der Waals surface area contributed by atoms with Gasteiger partial charge in [0.05, 0.1) is 23.1 Å². The summed E-state index contributed by atoms with van der Waals surface area (Å²) in [5, 5.41) is 3.39. The van der Waals surface area contributed by atoms with E-state index in [2.05, 4.69) is 10.3 Å². The number of sulfonamides is 1. The van der Waals surface area contributed by atoms with Crippen LogP contribution in [0.5, 0.6) is 5.75 Å². The summed E-state index contributed by atoms with van der Waals surface area (Å²) in [5.41, 5.74) is 0.485. The molecule has 0 bridgehead atoms. The Kier molecular flexibility index (Phi) is 8.21. The van der Waals surface area contributed by atoms with E-state index in [9.17, 15) is 13.2 Å². The fourth-order valence-corrected chi connectivity index (χ4v) is 5.69. The summed E-state index contributed by atoms with van der Waals surface area (Å²) in [6.45, 7) is 2.84. The standard InChI is InChI=1S/C21H26ClN3O4S2/c1-15(21(26)24-18-13-16(22)7-9-19(18)29-2)30-20-10-8-17(14-23-20)31(27,28)25-11-5-3-4-6-12-25/h7-10,13-15H,3-6,11-12H2,1-2H3,(H,24,26). The minimum Gasteiger partial charge on any atom is -0.495 e. The van der Waals surface area contributed by atoms with E-state index in [0.29, 0.717) is 34.6 Å². The van der Waals surface area contributed by atoms with Crippen LogP contribution in [-0.4, -0.2) is 49.1 Å². The highest BCUT2D eigenvalue weighted by molar-refractivity contribution is 8.00. The number of nitrogens with one attached hydrogen (secondary N) is 1. The van der Waals surface area contributed by atoms with Gasteiger partial charge in [-0.25, -0.2) is 13.4 Å². The van der Waals surface area contributed by atoms with E-state index in [1.807, 2.05) is 0 Å². The molecule has 1 saturated heterocycles. The van der Waals surface area contributed by atoms with Crippen molar-refractivity contribution in [2.24, 2.45) is 0 Å². The number of carbonyl (C=O) groups excluding carboxylic acids is 1. The molecule has 1 amide bonds. The summed E-state index contributed by atoms with van der Waals surface area (Å²) in [4.78, 5) is 17.1. The summed E-state index contributed by atoms with van der Waals surface area (Å²) in [5.74, 6) is 0.268. The van der Waals surface area contributed by atoms with Gasteiger partial charge < -0.3 is 10.1 Å². The Morgan fingerprint density at radius 2 is 1.90 bits per heavy atom. The number of thioether (sulfide) groups is 1. The summed E-state index contributed by atoms with van der Waals surface area (Å²) in [7, 11) is -2.03. The Labute approximate surface area is 192 Å². The van der Waals surface area contributed by atoms with Gasteiger partial charge in [0, 0.05) is 24.3 Å². The third-order valence-electron chi connectivity index (χ3n) is 5.00. The second kappa shape index (κ2) is 10.7. The van der Waals surface area contributed by atoms with Crippen LogP contribution >= 0.6 is 23.4 Å². The molecule has 2 heterocycles. The first kappa shape index (κ1) is 23.8. The highest BCUT2D eigenvalue weighted by atomic mass is 35.5. The van der Waals surface area contributed by atoms with Gasteiger partial charge in [0.2, 0.25) is 15.9 Å². The lowest BCUT2D eigenvalue weighted by atomic mass is 10.2. The molecule has 1 unspecified atom stereocenters. The molecular formula is C21H26ClN3O4S2. The molecule has 1 aromatic heterocycles. The molecule has 2 aromatic rings. The fraction of sp³-hybridized carbons (Fsp3) is 0.429. The molecule has 0 saturated carbocycles. The molecule has 0 aliphatic carbocycles. The van der Waals surface area contributed by atoms with Crippen LogP contribution < -0.4 is 10.1 Å². The third-order valence-corrected chi connectivity index (χ3v) is 8.17. The largest absolute Gasteiger partial charge is 0.495 e. The number of anilines is 1. The molecule has 10 heteroatoms. The van der Waals surface area contributed by atoms with Crippen LogP contribution in [0.25, 0.3) is 0 Å². The number of hydrogen-bond acceptors (Lipinski definition) is 6. The van der Waals surface area contributed by atoms with E-state index < -0.39 is 15.3 Å². The molecule has 31 heavy (non-hydrogen) atoms. The number of hydrogen-bond donors (Lipinski definition) is 1. The van der Waals surface area contributed by atoms with Crippen molar-refractivity contribution in [1.82, 2.24) is 9.29 Å². The zero-order chi connectivity index (χ0) is 22.4. The van der Waals surface area contributed by atoms with Crippen molar-refractivity contribution in [3.63, 3.8) is 0 Å².